The highest BCUT2D eigenvalue weighted by atomic mass is 19.1. The molecule has 0 saturated carbocycles. The van der Waals surface area contributed by atoms with Gasteiger partial charge in [0, 0.05) is 30.0 Å². The molecule has 0 radical (unpaired) electrons. The Balaban J connectivity index is 1.62. The van der Waals surface area contributed by atoms with Gasteiger partial charge in [-0.25, -0.2) is 4.39 Å². The summed E-state index contributed by atoms with van der Waals surface area (Å²) in [6.07, 6.45) is 0.0213. The Kier molecular flexibility index (Phi) is 5.81. The molecule has 5 nitrogen and oxygen atoms in total. The maximum absolute atomic E-state index is 13.7. The Morgan fingerprint density at radius 3 is 2.60 bits per heavy atom. The molecule has 4 N–H and O–H groups in total. The fourth-order valence-electron chi connectivity index (χ4n) is 3.43. The van der Waals surface area contributed by atoms with E-state index in [4.69, 9.17) is 14.9 Å². The van der Waals surface area contributed by atoms with Gasteiger partial charge in [-0.2, -0.15) is 0 Å². The van der Waals surface area contributed by atoms with Gasteiger partial charge in [0.25, 0.3) is 0 Å². The van der Waals surface area contributed by atoms with Crippen molar-refractivity contribution in [1.29, 1.82) is 0 Å². The third-order valence-electron chi connectivity index (χ3n) is 4.96. The molecule has 4 aromatic rings. The third kappa shape index (κ3) is 4.36. The van der Waals surface area contributed by atoms with Crippen LogP contribution in [-0.4, -0.2) is 16.5 Å². The highest BCUT2D eigenvalue weighted by Crippen LogP contribution is 2.30. The molecule has 1 heterocycles. The summed E-state index contributed by atoms with van der Waals surface area (Å²) in [6, 6.07) is 17.9. The quantitative estimate of drug-likeness (QED) is 0.401. The summed E-state index contributed by atoms with van der Waals surface area (Å²) in [5.74, 6) is -0.190. The molecule has 4 rings (SSSR count). The topological polar surface area (TPSA) is 88.9 Å². The monoisotopic (exact) mass is 407 g/mol. The van der Waals surface area contributed by atoms with Crippen LogP contribution >= 0.6 is 0 Å². The van der Waals surface area contributed by atoms with E-state index in [9.17, 15) is 14.6 Å². The Bertz CT molecular complexity index is 1170. The van der Waals surface area contributed by atoms with Crippen LogP contribution in [0, 0.1) is 5.82 Å². The Morgan fingerprint density at radius 1 is 0.967 bits per heavy atom. The second kappa shape index (κ2) is 8.67. The van der Waals surface area contributed by atoms with Crippen LogP contribution in [0.2, 0.25) is 0 Å². The second-order valence-corrected chi connectivity index (χ2v) is 7.10. The van der Waals surface area contributed by atoms with Gasteiger partial charge in [0.2, 0.25) is 0 Å². The van der Waals surface area contributed by atoms with Gasteiger partial charge in [0.1, 0.15) is 23.8 Å². The summed E-state index contributed by atoms with van der Waals surface area (Å²) >= 11 is 0. The standard InChI is InChI=1S/C24H22FNO4/c25-20-6-4-18(10-24(27)28)23(11-20)30-14-19-13-29-22-7-5-17(9-21(19)22)16-3-1-2-15(8-16)12-26/h1-9,11,13,24,27-28H,10,12,14,26H2. The van der Waals surface area contributed by atoms with E-state index in [2.05, 4.69) is 6.07 Å². The van der Waals surface area contributed by atoms with Gasteiger partial charge in [-0.15, -0.1) is 0 Å². The highest BCUT2D eigenvalue weighted by molar-refractivity contribution is 5.86. The first-order valence-corrected chi connectivity index (χ1v) is 9.60. The molecule has 0 aliphatic carbocycles. The van der Waals surface area contributed by atoms with E-state index >= 15 is 0 Å². The van der Waals surface area contributed by atoms with Crippen molar-refractivity contribution < 1.29 is 23.8 Å². The van der Waals surface area contributed by atoms with Crippen molar-refractivity contribution in [3.8, 4) is 16.9 Å². The van der Waals surface area contributed by atoms with Crippen molar-refractivity contribution in [1.82, 2.24) is 0 Å². The largest absolute Gasteiger partial charge is 0.488 e. The van der Waals surface area contributed by atoms with E-state index in [1.165, 1.54) is 18.2 Å². The van der Waals surface area contributed by atoms with E-state index in [1.807, 2.05) is 36.4 Å². The van der Waals surface area contributed by atoms with Crippen molar-refractivity contribution in [2.45, 2.75) is 25.9 Å². The summed E-state index contributed by atoms with van der Waals surface area (Å²) < 4.78 is 25.1. The third-order valence-corrected chi connectivity index (χ3v) is 4.96. The van der Waals surface area contributed by atoms with E-state index in [1.54, 1.807) is 6.26 Å². The second-order valence-electron chi connectivity index (χ2n) is 7.10. The average Bonchev–Trinajstić information content (AvgIpc) is 3.16. The number of hydrogen-bond acceptors (Lipinski definition) is 5. The van der Waals surface area contributed by atoms with Crippen LogP contribution in [0.1, 0.15) is 16.7 Å². The normalized spacial score (nSPS) is 11.4. The molecule has 0 unspecified atom stereocenters. The predicted octanol–water partition coefficient (Wildman–Crippen LogP) is 4.13. The summed E-state index contributed by atoms with van der Waals surface area (Å²) in [7, 11) is 0. The molecular formula is C24H22FNO4. The molecule has 0 amide bonds. The molecule has 0 aliphatic heterocycles. The first kappa shape index (κ1) is 20.1. The number of aliphatic hydroxyl groups is 2. The number of rotatable bonds is 7. The molecule has 0 aliphatic rings. The number of benzene rings is 3. The smallest absolute Gasteiger partial charge is 0.155 e. The van der Waals surface area contributed by atoms with Gasteiger partial charge in [-0.3, -0.25) is 0 Å². The average molecular weight is 407 g/mol. The van der Waals surface area contributed by atoms with Crippen LogP contribution in [-0.2, 0) is 19.6 Å². The number of fused-ring (bicyclic) bond motifs is 1. The molecule has 154 valence electrons. The summed E-state index contributed by atoms with van der Waals surface area (Å²) in [5.41, 5.74) is 10.9. The molecular weight excluding hydrogens is 385 g/mol. The zero-order valence-corrected chi connectivity index (χ0v) is 16.2. The van der Waals surface area contributed by atoms with Crippen molar-refractivity contribution in [2.24, 2.45) is 5.73 Å². The van der Waals surface area contributed by atoms with Crippen molar-refractivity contribution >= 4 is 11.0 Å². The minimum atomic E-state index is -1.54. The Labute approximate surface area is 173 Å². The van der Waals surface area contributed by atoms with Gasteiger partial charge < -0.3 is 25.1 Å². The Hall–Kier alpha value is -3.19. The number of aliphatic hydroxyl groups excluding tert-OH is 1. The van der Waals surface area contributed by atoms with Crippen LogP contribution in [0.25, 0.3) is 22.1 Å². The molecule has 0 bridgehead atoms. The minimum absolute atomic E-state index is 0.0522. The maximum Gasteiger partial charge on any atom is 0.155 e. The first-order chi connectivity index (χ1) is 14.5. The zero-order chi connectivity index (χ0) is 21.1. The van der Waals surface area contributed by atoms with Crippen LogP contribution in [0.4, 0.5) is 4.39 Å². The van der Waals surface area contributed by atoms with Gasteiger partial charge in [0.05, 0.1) is 6.26 Å². The molecule has 0 saturated heterocycles. The van der Waals surface area contributed by atoms with Gasteiger partial charge in [-0.1, -0.05) is 30.3 Å². The summed E-state index contributed by atoms with van der Waals surface area (Å²) in [5, 5.41) is 19.4. The van der Waals surface area contributed by atoms with Crippen molar-refractivity contribution in [3.05, 3.63) is 89.4 Å². The highest BCUT2D eigenvalue weighted by Gasteiger charge is 2.13. The summed E-state index contributed by atoms with van der Waals surface area (Å²) in [4.78, 5) is 0. The molecule has 6 heteroatoms. The Morgan fingerprint density at radius 2 is 1.80 bits per heavy atom. The lowest BCUT2D eigenvalue weighted by atomic mass is 10.0. The number of furan rings is 1. The van der Waals surface area contributed by atoms with Crippen LogP contribution in [0.3, 0.4) is 0 Å². The SMILES string of the molecule is NCc1cccc(-c2ccc3occ(COc4cc(F)ccc4CC(O)O)c3c2)c1. The van der Waals surface area contributed by atoms with E-state index in [-0.39, 0.29) is 18.8 Å². The van der Waals surface area contributed by atoms with Gasteiger partial charge >= 0.3 is 0 Å². The van der Waals surface area contributed by atoms with Crippen molar-refractivity contribution in [3.63, 3.8) is 0 Å². The van der Waals surface area contributed by atoms with E-state index in [0.717, 1.165) is 33.2 Å². The lowest BCUT2D eigenvalue weighted by molar-refractivity contribution is -0.0385. The van der Waals surface area contributed by atoms with Crippen LogP contribution < -0.4 is 10.5 Å². The lowest BCUT2D eigenvalue weighted by Crippen LogP contribution is -2.10. The van der Waals surface area contributed by atoms with Crippen molar-refractivity contribution in [2.75, 3.05) is 0 Å². The van der Waals surface area contributed by atoms with Gasteiger partial charge in [0.15, 0.2) is 6.29 Å². The van der Waals surface area contributed by atoms with Crippen LogP contribution in [0.15, 0.2) is 71.3 Å². The number of nitrogens with two attached hydrogens (primary N) is 1. The predicted molar refractivity (Wildman–Crippen MR) is 112 cm³/mol. The minimum Gasteiger partial charge on any atom is -0.488 e. The molecule has 0 fully saturated rings. The van der Waals surface area contributed by atoms with Gasteiger partial charge in [-0.05, 0) is 46.5 Å². The fraction of sp³-hybridized carbons (Fsp3) is 0.167. The number of halogens is 1. The molecule has 0 atom stereocenters. The maximum atomic E-state index is 13.7. The van der Waals surface area contributed by atoms with Crippen LogP contribution in [0.5, 0.6) is 5.75 Å². The first-order valence-electron chi connectivity index (χ1n) is 9.60. The lowest BCUT2D eigenvalue weighted by Gasteiger charge is -2.12. The fourth-order valence-corrected chi connectivity index (χ4v) is 3.43. The number of hydrogen-bond donors (Lipinski definition) is 3. The molecule has 30 heavy (non-hydrogen) atoms. The number of ether oxygens (including phenoxy) is 1. The molecule has 1 aromatic heterocycles. The molecule has 0 spiro atoms. The van der Waals surface area contributed by atoms with E-state index < -0.39 is 12.1 Å². The molecule has 3 aromatic carbocycles. The summed E-state index contributed by atoms with van der Waals surface area (Å²) in [6.45, 7) is 0.622. The van der Waals surface area contributed by atoms with E-state index in [0.29, 0.717) is 12.1 Å². The zero-order valence-electron chi connectivity index (χ0n) is 16.2.